The summed E-state index contributed by atoms with van der Waals surface area (Å²) in [4.78, 5) is 18.7. The molecule has 0 unspecified atom stereocenters. The van der Waals surface area contributed by atoms with Crippen molar-refractivity contribution in [3.63, 3.8) is 0 Å². The summed E-state index contributed by atoms with van der Waals surface area (Å²) in [5.74, 6) is 0.118. The topological polar surface area (TPSA) is 65.5 Å². The van der Waals surface area contributed by atoms with Crippen LogP contribution in [0.2, 0.25) is 0 Å². The van der Waals surface area contributed by atoms with Crippen molar-refractivity contribution in [3.05, 3.63) is 72.6 Å². The number of para-hydroxylation sites is 1. The molecule has 1 aromatic heterocycles. The predicted molar refractivity (Wildman–Crippen MR) is 98.0 cm³/mol. The zero-order valence-corrected chi connectivity index (χ0v) is 14.1. The highest BCUT2D eigenvalue weighted by Gasteiger charge is 2.21. The number of nitrogens with one attached hydrogen (secondary N) is 1. The van der Waals surface area contributed by atoms with Gasteiger partial charge in [-0.3, -0.25) is 9.78 Å². The Morgan fingerprint density at radius 1 is 1.20 bits per heavy atom. The molecule has 0 radical (unpaired) electrons. The Balaban J connectivity index is 1.65. The van der Waals surface area contributed by atoms with Gasteiger partial charge in [-0.2, -0.15) is 0 Å². The minimum absolute atomic E-state index is 0.000616. The standard InChI is InChI=1S/C20H23N3O2/c24-15-16-8-9-18(11-16)22-20(25)14-23(19-6-2-1-3-7-19)13-17-5-4-10-21-12-17/h1-10,12,16,18,24H,11,13-15H2,(H,22,25)/t16-,18+/m0/s1. The zero-order valence-electron chi connectivity index (χ0n) is 14.1. The number of anilines is 1. The molecular weight excluding hydrogens is 314 g/mol. The second-order valence-electron chi connectivity index (χ2n) is 6.29. The first kappa shape index (κ1) is 17.2. The van der Waals surface area contributed by atoms with E-state index in [-0.39, 0.29) is 31.0 Å². The van der Waals surface area contributed by atoms with Crippen LogP contribution in [0.1, 0.15) is 12.0 Å². The molecule has 1 aromatic carbocycles. The van der Waals surface area contributed by atoms with E-state index in [1.807, 2.05) is 65.7 Å². The highest BCUT2D eigenvalue weighted by atomic mass is 16.3. The van der Waals surface area contributed by atoms with E-state index >= 15 is 0 Å². The summed E-state index contributed by atoms with van der Waals surface area (Å²) in [6, 6.07) is 13.8. The Labute approximate surface area is 148 Å². The van der Waals surface area contributed by atoms with E-state index in [2.05, 4.69) is 10.3 Å². The molecular formula is C20H23N3O2. The molecule has 0 saturated heterocycles. The van der Waals surface area contributed by atoms with Crippen LogP contribution in [0.5, 0.6) is 0 Å². The number of aliphatic hydroxyl groups excluding tert-OH is 1. The SMILES string of the molecule is O=C(CN(Cc1cccnc1)c1ccccc1)N[C@@H]1C=C[C@H](CO)C1. The molecule has 25 heavy (non-hydrogen) atoms. The maximum atomic E-state index is 12.5. The van der Waals surface area contributed by atoms with Crippen LogP contribution in [0, 0.1) is 5.92 Å². The number of pyridine rings is 1. The minimum atomic E-state index is -0.0269. The van der Waals surface area contributed by atoms with Gasteiger partial charge in [0.2, 0.25) is 5.91 Å². The summed E-state index contributed by atoms with van der Waals surface area (Å²) in [5, 5.41) is 12.2. The summed E-state index contributed by atoms with van der Waals surface area (Å²) >= 11 is 0. The Hall–Kier alpha value is -2.66. The summed E-state index contributed by atoms with van der Waals surface area (Å²) in [5.41, 5.74) is 2.05. The van der Waals surface area contributed by atoms with Gasteiger partial charge in [-0.15, -0.1) is 0 Å². The molecule has 0 spiro atoms. The lowest BCUT2D eigenvalue weighted by molar-refractivity contribution is -0.120. The number of carbonyl (C=O) groups excluding carboxylic acids is 1. The van der Waals surface area contributed by atoms with Gasteiger partial charge in [0, 0.05) is 43.2 Å². The number of aliphatic hydroxyl groups is 1. The smallest absolute Gasteiger partial charge is 0.239 e. The van der Waals surface area contributed by atoms with Crippen LogP contribution in [-0.4, -0.2) is 35.2 Å². The van der Waals surface area contributed by atoms with E-state index in [0.717, 1.165) is 17.7 Å². The molecule has 0 saturated carbocycles. The third-order valence-corrected chi connectivity index (χ3v) is 4.31. The fourth-order valence-electron chi connectivity index (χ4n) is 3.03. The molecule has 2 N–H and O–H groups in total. The van der Waals surface area contributed by atoms with E-state index in [1.165, 1.54) is 0 Å². The lowest BCUT2D eigenvalue weighted by atomic mass is 10.1. The minimum Gasteiger partial charge on any atom is -0.396 e. The van der Waals surface area contributed by atoms with Crippen molar-refractivity contribution in [2.75, 3.05) is 18.1 Å². The molecule has 1 aliphatic rings. The fraction of sp³-hybridized carbons (Fsp3) is 0.300. The first-order chi connectivity index (χ1) is 12.2. The quantitative estimate of drug-likeness (QED) is 0.760. The Morgan fingerprint density at radius 2 is 2.04 bits per heavy atom. The summed E-state index contributed by atoms with van der Waals surface area (Å²) in [7, 11) is 0. The second kappa shape index (κ2) is 8.44. The largest absolute Gasteiger partial charge is 0.396 e. The highest BCUT2D eigenvalue weighted by Crippen LogP contribution is 2.18. The maximum Gasteiger partial charge on any atom is 0.239 e. The molecule has 5 heteroatoms. The van der Waals surface area contributed by atoms with Gasteiger partial charge in [0.05, 0.1) is 6.54 Å². The molecule has 3 rings (SSSR count). The van der Waals surface area contributed by atoms with E-state index in [9.17, 15) is 9.90 Å². The highest BCUT2D eigenvalue weighted by molar-refractivity contribution is 5.81. The maximum absolute atomic E-state index is 12.5. The van der Waals surface area contributed by atoms with Crippen LogP contribution >= 0.6 is 0 Å². The second-order valence-corrected chi connectivity index (χ2v) is 6.29. The third-order valence-electron chi connectivity index (χ3n) is 4.31. The Morgan fingerprint density at radius 3 is 2.72 bits per heavy atom. The van der Waals surface area contributed by atoms with Crippen molar-refractivity contribution in [2.24, 2.45) is 5.92 Å². The molecule has 0 bridgehead atoms. The molecule has 5 nitrogen and oxygen atoms in total. The van der Waals surface area contributed by atoms with Gasteiger partial charge >= 0.3 is 0 Å². The third kappa shape index (κ3) is 4.90. The number of rotatable bonds is 7. The van der Waals surface area contributed by atoms with Crippen molar-refractivity contribution in [3.8, 4) is 0 Å². The lowest BCUT2D eigenvalue weighted by Crippen LogP contribution is -2.41. The van der Waals surface area contributed by atoms with Gasteiger partial charge in [-0.05, 0) is 30.2 Å². The van der Waals surface area contributed by atoms with E-state index in [0.29, 0.717) is 6.54 Å². The number of amides is 1. The van der Waals surface area contributed by atoms with E-state index < -0.39 is 0 Å². The molecule has 2 atom stereocenters. The lowest BCUT2D eigenvalue weighted by Gasteiger charge is -2.25. The number of benzene rings is 1. The normalized spacial score (nSPS) is 18.9. The van der Waals surface area contributed by atoms with E-state index in [4.69, 9.17) is 0 Å². The van der Waals surface area contributed by atoms with E-state index in [1.54, 1.807) is 6.20 Å². The Bertz CT molecular complexity index is 703. The molecule has 130 valence electrons. The first-order valence-electron chi connectivity index (χ1n) is 8.52. The molecule has 0 fully saturated rings. The predicted octanol–water partition coefficient (Wildman–Crippen LogP) is 2.14. The van der Waals surface area contributed by atoms with Crippen molar-refractivity contribution >= 4 is 11.6 Å². The molecule has 2 aromatic rings. The summed E-state index contributed by atoms with van der Waals surface area (Å²) in [6.45, 7) is 1.01. The average Bonchev–Trinajstić information content (AvgIpc) is 3.10. The van der Waals surface area contributed by atoms with Gasteiger partial charge < -0.3 is 15.3 Å². The molecule has 0 aliphatic heterocycles. The van der Waals surface area contributed by atoms with Crippen LogP contribution in [0.25, 0.3) is 0 Å². The van der Waals surface area contributed by atoms with Crippen molar-refractivity contribution in [2.45, 2.75) is 19.0 Å². The van der Waals surface area contributed by atoms with Gasteiger partial charge in [0.1, 0.15) is 0 Å². The zero-order chi connectivity index (χ0) is 17.5. The number of aromatic nitrogens is 1. The van der Waals surface area contributed by atoms with Crippen LogP contribution in [-0.2, 0) is 11.3 Å². The van der Waals surface area contributed by atoms with Crippen LogP contribution < -0.4 is 10.2 Å². The first-order valence-corrected chi connectivity index (χ1v) is 8.52. The number of hydrogen-bond acceptors (Lipinski definition) is 4. The van der Waals surface area contributed by atoms with Gasteiger partial charge in [0.15, 0.2) is 0 Å². The molecule has 1 aliphatic carbocycles. The fourth-order valence-corrected chi connectivity index (χ4v) is 3.03. The summed E-state index contributed by atoms with van der Waals surface area (Å²) in [6.07, 6.45) is 8.25. The van der Waals surface area contributed by atoms with Gasteiger partial charge in [-0.1, -0.05) is 36.4 Å². The van der Waals surface area contributed by atoms with Gasteiger partial charge in [0.25, 0.3) is 0 Å². The monoisotopic (exact) mass is 337 g/mol. The molecule has 1 heterocycles. The number of hydrogen-bond donors (Lipinski definition) is 2. The van der Waals surface area contributed by atoms with Crippen LogP contribution in [0.3, 0.4) is 0 Å². The van der Waals surface area contributed by atoms with Crippen molar-refractivity contribution < 1.29 is 9.90 Å². The van der Waals surface area contributed by atoms with Crippen LogP contribution in [0.15, 0.2) is 67.0 Å². The average molecular weight is 337 g/mol. The van der Waals surface area contributed by atoms with Crippen LogP contribution in [0.4, 0.5) is 5.69 Å². The summed E-state index contributed by atoms with van der Waals surface area (Å²) < 4.78 is 0. The number of nitrogens with zero attached hydrogens (tertiary/aromatic N) is 2. The number of carbonyl (C=O) groups is 1. The van der Waals surface area contributed by atoms with Gasteiger partial charge in [-0.25, -0.2) is 0 Å². The molecule has 1 amide bonds. The Kier molecular flexibility index (Phi) is 5.80. The van der Waals surface area contributed by atoms with Crippen molar-refractivity contribution in [1.29, 1.82) is 0 Å². The van der Waals surface area contributed by atoms with Crippen molar-refractivity contribution in [1.82, 2.24) is 10.3 Å².